The number of aryl methyl sites for hydroxylation is 1. The van der Waals surface area contributed by atoms with E-state index in [9.17, 15) is 4.39 Å². The maximum atomic E-state index is 13.1. The van der Waals surface area contributed by atoms with Gasteiger partial charge in [-0.15, -0.1) is 0 Å². The molecule has 2 aromatic rings. The molecular formula is C13H11BrClFN2. The van der Waals surface area contributed by atoms with E-state index in [0.29, 0.717) is 16.2 Å². The number of nitrogens with one attached hydrogen (secondary N) is 1. The number of rotatable bonds is 3. The fourth-order valence-corrected chi connectivity index (χ4v) is 2.28. The molecule has 5 heteroatoms. The minimum atomic E-state index is -0.269. The van der Waals surface area contributed by atoms with Crippen molar-refractivity contribution in [1.29, 1.82) is 0 Å². The Morgan fingerprint density at radius 1 is 1.39 bits per heavy atom. The van der Waals surface area contributed by atoms with E-state index in [0.717, 1.165) is 16.8 Å². The Morgan fingerprint density at radius 3 is 2.83 bits per heavy atom. The summed E-state index contributed by atoms with van der Waals surface area (Å²) in [6.45, 7) is 2.52. The number of halogens is 3. The highest BCUT2D eigenvalue weighted by molar-refractivity contribution is 9.10. The molecular weight excluding hydrogens is 319 g/mol. The Morgan fingerprint density at radius 2 is 2.17 bits per heavy atom. The Kier molecular flexibility index (Phi) is 4.19. The Labute approximate surface area is 118 Å². The van der Waals surface area contributed by atoms with Crippen molar-refractivity contribution in [3.8, 4) is 0 Å². The van der Waals surface area contributed by atoms with E-state index in [1.807, 2.05) is 13.0 Å². The molecule has 1 heterocycles. The summed E-state index contributed by atoms with van der Waals surface area (Å²) < 4.78 is 13.5. The molecule has 94 valence electrons. The molecule has 0 saturated carbocycles. The number of pyridine rings is 1. The first-order valence-electron chi connectivity index (χ1n) is 5.37. The van der Waals surface area contributed by atoms with Gasteiger partial charge in [-0.25, -0.2) is 9.37 Å². The summed E-state index contributed by atoms with van der Waals surface area (Å²) in [5.41, 5.74) is 2.79. The largest absolute Gasteiger partial charge is 0.378 e. The van der Waals surface area contributed by atoms with Crippen molar-refractivity contribution in [2.45, 2.75) is 13.5 Å². The molecule has 0 aliphatic carbocycles. The third-order valence-electron chi connectivity index (χ3n) is 2.57. The third kappa shape index (κ3) is 3.00. The molecule has 0 saturated heterocycles. The molecule has 0 fully saturated rings. The van der Waals surface area contributed by atoms with E-state index in [1.165, 1.54) is 6.07 Å². The molecule has 2 rings (SSSR count). The lowest BCUT2D eigenvalue weighted by molar-refractivity contribution is 0.620. The molecule has 0 aliphatic rings. The lowest BCUT2D eigenvalue weighted by Gasteiger charge is -2.11. The number of hydrogen-bond acceptors (Lipinski definition) is 2. The molecule has 0 amide bonds. The molecule has 0 bridgehead atoms. The first-order valence-corrected chi connectivity index (χ1v) is 6.54. The number of nitrogens with zero attached hydrogens (tertiary/aromatic N) is 1. The van der Waals surface area contributed by atoms with E-state index in [2.05, 4.69) is 26.2 Å². The lowest BCUT2D eigenvalue weighted by atomic mass is 10.2. The molecule has 2 nitrogen and oxygen atoms in total. The predicted molar refractivity (Wildman–Crippen MR) is 75.4 cm³/mol. The Hall–Kier alpha value is -1.13. The van der Waals surface area contributed by atoms with Gasteiger partial charge >= 0.3 is 0 Å². The van der Waals surface area contributed by atoms with Crippen LogP contribution in [0, 0.1) is 12.7 Å². The summed E-state index contributed by atoms with van der Waals surface area (Å²) in [5.74, 6) is -0.269. The second-order valence-electron chi connectivity index (χ2n) is 3.90. The molecule has 1 N–H and O–H groups in total. The van der Waals surface area contributed by atoms with Crippen molar-refractivity contribution in [3.05, 3.63) is 57.0 Å². The highest BCUT2D eigenvalue weighted by Crippen LogP contribution is 2.24. The van der Waals surface area contributed by atoms with Gasteiger partial charge in [0.15, 0.2) is 5.15 Å². The molecule has 0 unspecified atom stereocenters. The second kappa shape index (κ2) is 5.67. The number of anilines is 1. The number of hydrogen-bond donors (Lipinski definition) is 1. The van der Waals surface area contributed by atoms with E-state index in [-0.39, 0.29) is 5.82 Å². The first kappa shape index (κ1) is 13.3. The topological polar surface area (TPSA) is 24.9 Å². The monoisotopic (exact) mass is 328 g/mol. The Balaban J connectivity index is 2.14. The fourth-order valence-electron chi connectivity index (χ4n) is 1.58. The van der Waals surface area contributed by atoms with Crippen LogP contribution >= 0.6 is 27.5 Å². The van der Waals surface area contributed by atoms with Gasteiger partial charge in [-0.2, -0.15) is 0 Å². The van der Waals surface area contributed by atoms with Crippen molar-refractivity contribution < 1.29 is 4.39 Å². The molecule has 0 radical (unpaired) electrons. The van der Waals surface area contributed by atoms with Gasteiger partial charge in [0, 0.05) is 12.7 Å². The van der Waals surface area contributed by atoms with Gasteiger partial charge in [0.1, 0.15) is 5.82 Å². The summed E-state index contributed by atoms with van der Waals surface area (Å²) in [5, 5.41) is 3.65. The average molecular weight is 330 g/mol. The predicted octanol–water partition coefficient (Wildman–Crippen LogP) is 4.56. The van der Waals surface area contributed by atoms with E-state index < -0.39 is 0 Å². The second-order valence-corrected chi connectivity index (χ2v) is 5.11. The van der Waals surface area contributed by atoms with Gasteiger partial charge in [0.2, 0.25) is 0 Å². The zero-order valence-electron chi connectivity index (χ0n) is 9.67. The first-order chi connectivity index (χ1) is 8.58. The SMILES string of the molecule is Cc1ccnc(Cl)c1NCc1ccc(F)c(Br)c1. The van der Waals surface area contributed by atoms with E-state index in [1.54, 1.807) is 18.3 Å². The van der Waals surface area contributed by atoms with Crippen LogP contribution in [0.5, 0.6) is 0 Å². The van der Waals surface area contributed by atoms with E-state index >= 15 is 0 Å². The van der Waals surface area contributed by atoms with Crippen molar-refractivity contribution in [2.24, 2.45) is 0 Å². The van der Waals surface area contributed by atoms with Crippen molar-refractivity contribution in [2.75, 3.05) is 5.32 Å². The standard InChI is InChI=1S/C13H11BrClFN2/c1-8-4-5-17-13(15)12(8)18-7-9-2-3-11(16)10(14)6-9/h2-6,18H,7H2,1H3. The van der Waals surface area contributed by atoms with Crippen LogP contribution in [0.15, 0.2) is 34.9 Å². The van der Waals surface area contributed by atoms with Crippen molar-refractivity contribution >= 4 is 33.2 Å². The van der Waals surface area contributed by atoms with Gasteiger partial charge in [0.25, 0.3) is 0 Å². The van der Waals surface area contributed by atoms with Crippen molar-refractivity contribution in [1.82, 2.24) is 4.98 Å². The molecule has 0 atom stereocenters. The molecule has 0 spiro atoms. The molecule has 18 heavy (non-hydrogen) atoms. The minimum Gasteiger partial charge on any atom is -0.378 e. The summed E-state index contributed by atoms with van der Waals surface area (Å²) in [7, 11) is 0. The Bertz CT molecular complexity index is 555. The summed E-state index contributed by atoms with van der Waals surface area (Å²) in [6.07, 6.45) is 1.66. The summed E-state index contributed by atoms with van der Waals surface area (Å²) in [4.78, 5) is 4.02. The van der Waals surface area contributed by atoms with Crippen LogP contribution in [0.25, 0.3) is 0 Å². The van der Waals surface area contributed by atoms with Crippen LogP contribution < -0.4 is 5.32 Å². The number of benzene rings is 1. The van der Waals surface area contributed by atoms with Crippen LogP contribution in [0.2, 0.25) is 5.15 Å². The fraction of sp³-hybridized carbons (Fsp3) is 0.154. The summed E-state index contributed by atoms with van der Waals surface area (Å²) in [6, 6.07) is 6.78. The normalized spacial score (nSPS) is 10.4. The quantitative estimate of drug-likeness (QED) is 0.835. The van der Waals surface area contributed by atoms with Crippen LogP contribution in [0.3, 0.4) is 0 Å². The van der Waals surface area contributed by atoms with Crippen LogP contribution in [0.1, 0.15) is 11.1 Å². The zero-order chi connectivity index (χ0) is 13.1. The molecule has 1 aromatic heterocycles. The van der Waals surface area contributed by atoms with Crippen LogP contribution in [-0.4, -0.2) is 4.98 Å². The average Bonchev–Trinajstić information content (AvgIpc) is 2.33. The van der Waals surface area contributed by atoms with Gasteiger partial charge < -0.3 is 5.32 Å². The third-order valence-corrected chi connectivity index (χ3v) is 3.46. The highest BCUT2D eigenvalue weighted by atomic mass is 79.9. The van der Waals surface area contributed by atoms with Gasteiger partial charge in [-0.3, -0.25) is 0 Å². The molecule has 0 aliphatic heterocycles. The van der Waals surface area contributed by atoms with Gasteiger partial charge in [0.05, 0.1) is 10.2 Å². The van der Waals surface area contributed by atoms with Crippen molar-refractivity contribution in [3.63, 3.8) is 0 Å². The smallest absolute Gasteiger partial charge is 0.152 e. The van der Waals surface area contributed by atoms with E-state index in [4.69, 9.17) is 11.6 Å². The molecule has 1 aromatic carbocycles. The maximum absolute atomic E-state index is 13.1. The van der Waals surface area contributed by atoms with Crippen LogP contribution in [0.4, 0.5) is 10.1 Å². The maximum Gasteiger partial charge on any atom is 0.152 e. The minimum absolute atomic E-state index is 0.269. The van der Waals surface area contributed by atoms with Gasteiger partial charge in [-0.1, -0.05) is 17.7 Å². The van der Waals surface area contributed by atoms with Gasteiger partial charge in [-0.05, 0) is 52.2 Å². The lowest BCUT2D eigenvalue weighted by Crippen LogP contribution is -2.02. The van der Waals surface area contributed by atoms with Crippen LogP contribution in [-0.2, 0) is 6.54 Å². The zero-order valence-corrected chi connectivity index (χ0v) is 12.0. The highest BCUT2D eigenvalue weighted by Gasteiger charge is 2.05. The number of aromatic nitrogens is 1. The summed E-state index contributed by atoms with van der Waals surface area (Å²) >= 11 is 9.17.